The third-order valence-electron chi connectivity index (χ3n) is 6.49. The summed E-state index contributed by atoms with van der Waals surface area (Å²) in [5, 5.41) is 10.3. The van der Waals surface area contributed by atoms with Gasteiger partial charge < -0.3 is 25.7 Å². The first-order valence-corrected chi connectivity index (χ1v) is 11.7. The molecule has 0 radical (unpaired) electrons. The molecule has 4 N–H and O–H groups in total. The second-order valence-electron chi connectivity index (χ2n) is 8.75. The van der Waals surface area contributed by atoms with Crippen LogP contribution >= 0.6 is 0 Å². The van der Waals surface area contributed by atoms with Crippen LogP contribution in [0.3, 0.4) is 0 Å². The normalized spacial score (nSPS) is 15.7. The number of ether oxygens (including phenoxy) is 1. The number of benzene rings is 3. The Bertz CT molecular complexity index is 1350. The van der Waals surface area contributed by atoms with Gasteiger partial charge in [-0.15, -0.1) is 0 Å². The zero-order chi connectivity index (χ0) is 24.2. The molecule has 7 heteroatoms. The van der Waals surface area contributed by atoms with Gasteiger partial charge in [-0.05, 0) is 53.4 Å². The van der Waals surface area contributed by atoms with Crippen LogP contribution in [0.2, 0.25) is 0 Å². The van der Waals surface area contributed by atoms with Crippen LogP contribution in [0.1, 0.15) is 16.7 Å². The van der Waals surface area contributed by atoms with Gasteiger partial charge in [-0.25, -0.2) is 0 Å². The van der Waals surface area contributed by atoms with Crippen LogP contribution in [0.5, 0.6) is 5.75 Å². The Labute approximate surface area is 203 Å². The Hall–Kier alpha value is -4.10. The summed E-state index contributed by atoms with van der Waals surface area (Å²) in [6.45, 7) is 0.624. The number of hydrogen-bond acceptors (Lipinski definition) is 4. The molecule has 178 valence electrons. The fraction of sp³-hybridized carbons (Fsp3) is 0.214. The molecule has 2 heterocycles. The van der Waals surface area contributed by atoms with E-state index in [4.69, 9.17) is 4.74 Å². The summed E-state index contributed by atoms with van der Waals surface area (Å²) in [7, 11) is 1.60. The molecule has 0 saturated heterocycles. The monoisotopic (exact) mass is 468 g/mol. The maximum atomic E-state index is 13.4. The molecule has 0 bridgehead atoms. The molecule has 1 aliphatic heterocycles. The molecule has 1 aliphatic rings. The van der Waals surface area contributed by atoms with Crippen molar-refractivity contribution in [3.63, 3.8) is 0 Å². The summed E-state index contributed by atoms with van der Waals surface area (Å²) in [6, 6.07) is 22.0. The van der Waals surface area contributed by atoms with Gasteiger partial charge in [0.2, 0.25) is 11.8 Å². The number of carbonyl (C=O) groups is 2. The fourth-order valence-corrected chi connectivity index (χ4v) is 4.55. The van der Waals surface area contributed by atoms with Crippen molar-refractivity contribution in [2.45, 2.75) is 31.5 Å². The highest BCUT2D eigenvalue weighted by Crippen LogP contribution is 2.21. The van der Waals surface area contributed by atoms with Crippen molar-refractivity contribution in [1.82, 2.24) is 15.6 Å². The third-order valence-corrected chi connectivity index (χ3v) is 6.49. The Balaban J connectivity index is 1.35. The predicted octanol–water partition coefficient (Wildman–Crippen LogP) is 3.56. The number of carbonyl (C=O) groups excluding carboxylic acids is 2. The van der Waals surface area contributed by atoms with E-state index in [0.29, 0.717) is 30.8 Å². The van der Waals surface area contributed by atoms with E-state index in [9.17, 15) is 9.59 Å². The van der Waals surface area contributed by atoms with E-state index in [1.807, 2.05) is 42.6 Å². The van der Waals surface area contributed by atoms with Gasteiger partial charge in [-0.3, -0.25) is 9.59 Å². The van der Waals surface area contributed by atoms with Gasteiger partial charge in [-0.1, -0.05) is 42.5 Å². The SMILES string of the molecule is COc1ccc(NC(=O)[C@H](Cc2c[nH]c3ccccc23)NC(=O)[C@H]2Cc3ccccc3CN2)cc1. The Kier molecular flexibility index (Phi) is 6.50. The molecule has 0 aliphatic carbocycles. The first-order chi connectivity index (χ1) is 17.1. The fourth-order valence-electron chi connectivity index (χ4n) is 4.55. The van der Waals surface area contributed by atoms with E-state index < -0.39 is 12.1 Å². The van der Waals surface area contributed by atoms with Crippen molar-refractivity contribution >= 4 is 28.4 Å². The smallest absolute Gasteiger partial charge is 0.247 e. The van der Waals surface area contributed by atoms with Gasteiger partial charge >= 0.3 is 0 Å². The average molecular weight is 469 g/mol. The molecule has 1 aromatic heterocycles. The van der Waals surface area contributed by atoms with E-state index in [1.165, 1.54) is 5.56 Å². The predicted molar refractivity (Wildman–Crippen MR) is 136 cm³/mol. The van der Waals surface area contributed by atoms with Crippen LogP contribution < -0.4 is 20.7 Å². The number of fused-ring (bicyclic) bond motifs is 2. The van der Waals surface area contributed by atoms with Gasteiger partial charge in [0.1, 0.15) is 11.8 Å². The minimum atomic E-state index is -0.747. The molecule has 35 heavy (non-hydrogen) atoms. The highest BCUT2D eigenvalue weighted by atomic mass is 16.5. The number of aromatic amines is 1. The lowest BCUT2D eigenvalue weighted by Crippen LogP contribution is -2.53. The first kappa shape index (κ1) is 22.7. The summed E-state index contributed by atoms with van der Waals surface area (Å²) in [6.07, 6.45) is 2.85. The van der Waals surface area contributed by atoms with Crippen molar-refractivity contribution in [1.29, 1.82) is 0 Å². The van der Waals surface area contributed by atoms with Crippen LogP contribution in [0.25, 0.3) is 10.9 Å². The lowest BCUT2D eigenvalue weighted by atomic mass is 9.95. The van der Waals surface area contributed by atoms with Crippen LogP contribution in [-0.2, 0) is 29.0 Å². The number of methoxy groups -OCH3 is 1. The van der Waals surface area contributed by atoms with E-state index in [1.54, 1.807) is 31.4 Å². The Morgan fingerprint density at radius 1 is 1.00 bits per heavy atom. The van der Waals surface area contributed by atoms with Crippen LogP contribution in [0, 0.1) is 0 Å². The molecule has 2 amide bonds. The highest BCUT2D eigenvalue weighted by molar-refractivity contribution is 5.98. The zero-order valence-corrected chi connectivity index (χ0v) is 19.5. The molecular weight excluding hydrogens is 440 g/mol. The quantitative estimate of drug-likeness (QED) is 0.334. The van der Waals surface area contributed by atoms with Gasteiger partial charge in [0, 0.05) is 35.8 Å². The molecular formula is C28H28N4O3. The third kappa shape index (κ3) is 5.05. The molecule has 7 nitrogen and oxygen atoms in total. The van der Waals surface area contributed by atoms with Crippen LogP contribution in [0.4, 0.5) is 5.69 Å². The van der Waals surface area contributed by atoms with Gasteiger partial charge in [0.05, 0.1) is 13.2 Å². The number of hydrogen-bond donors (Lipinski definition) is 4. The number of aromatic nitrogens is 1. The minimum absolute atomic E-state index is 0.186. The van der Waals surface area contributed by atoms with Crippen LogP contribution in [-0.4, -0.2) is 36.0 Å². The van der Waals surface area contributed by atoms with Crippen molar-refractivity contribution < 1.29 is 14.3 Å². The summed E-state index contributed by atoms with van der Waals surface area (Å²) in [4.78, 5) is 29.9. The van der Waals surface area contributed by atoms with Gasteiger partial charge in [0.15, 0.2) is 0 Å². The topological polar surface area (TPSA) is 95.2 Å². The maximum absolute atomic E-state index is 13.4. The average Bonchev–Trinajstić information content (AvgIpc) is 3.31. The second-order valence-corrected chi connectivity index (χ2v) is 8.75. The van der Waals surface area contributed by atoms with E-state index in [0.717, 1.165) is 22.0 Å². The number of para-hydroxylation sites is 1. The highest BCUT2D eigenvalue weighted by Gasteiger charge is 2.29. The Morgan fingerprint density at radius 2 is 1.74 bits per heavy atom. The van der Waals surface area contributed by atoms with Crippen molar-refractivity contribution in [2.24, 2.45) is 0 Å². The summed E-state index contributed by atoms with van der Waals surface area (Å²) >= 11 is 0. The summed E-state index contributed by atoms with van der Waals surface area (Å²) < 4.78 is 5.20. The zero-order valence-electron chi connectivity index (χ0n) is 19.5. The van der Waals surface area contributed by atoms with E-state index >= 15 is 0 Å². The van der Waals surface area contributed by atoms with Gasteiger partial charge in [0.25, 0.3) is 0 Å². The lowest BCUT2D eigenvalue weighted by Gasteiger charge is -2.27. The molecule has 0 unspecified atom stereocenters. The summed E-state index contributed by atoms with van der Waals surface area (Å²) in [5.74, 6) is 0.245. The summed E-state index contributed by atoms with van der Waals surface area (Å²) in [5.41, 5.74) is 4.96. The molecule has 3 aromatic carbocycles. The number of anilines is 1. The molecule has 0 spiro atoms. The largest absolute Gasteiger partial charge is 0.497 e. The molecule has 0 saturated carbocycles. The second kappa shape index (κ2) is 10.0. The molecule has 4 aromatic rings. The Morgan fingerprint density at radius 3 is 2.54 bits per heavy atom. The van der Waals surface area contributed by atoms with Crippen molar-refractivity contribution in [2.75, 3.05) is 12.4 Å². The molecule has 0 fully saturated rings. The number of amides is 2. The maximum Gasteiger partial charge on any atom is 0.247 e. The van der Waals surface area contributed by atoms with Gasteiger partial charge in [-0.2, -0.15) is 0 Å². The number of rotatable bonds is 7. The molecule has 5 rings (SSSR count). The number of nitrogens with one attached hydrogen (secondary N) is 4. The minimum Gasteiger partial charge on any atom is -0.497 e. The first-order valence-electron chi connectivity index (χ1n) is 11.7. The molecule has 2 atom stereocenters. The van der Waals surface area contributed by atoms with Crippen LogP contribution in [0.15, 0.2) is 79.0 Å². The lowest BCUT2D eigenvalue weighted by molar-refractivity contribution is -0.128. The van der Waals surface area contributed by atoms with Crippen molar-refractivity contribution in [3.05, 3.63) is 95.7 Å². The van der Waals surface area contributed by atoms with E-state index in [2.05, 4.69) is 33.1 Å². The van der Waals surface area contributed by atoms with Crippen molar-refractivity contribution in [3.8, 4) is 5.75 Å². The standard InChI is InChI=1S/C28H28N4O3/c1-35-22-12-10-21(11-13-22)31-28(34)26(15-20-17-29-24-9-5-4-8-23(20)24)32-27(33)25-14-18-6-2-3-7-19(18)16-30-25/h2-13,17,25-26,29-30H,14-16H2,1H3,(H,31,34)(H,32,33)/t25-,26+/m1/s1. The van der Waals surface area contributed by atoms with E-state index in [-0.39, 0.29) is 11.8 Å². The number of H-pyrrole nitrogens is 1.